The van der Waals surface area contributed by atoms with Gasteiger partial charge in [-0.1, -0.05) is 65.8 Å². The van der Waals surface area contributed by atoms with Gasteiger partial charge < -0.3 is 14.8 Å². The second kappa shape index (κ2) is 9.56. The molecule has 1 atom stereocenters. The predicted octanol–water partition coefficient (Wildman–Crippen LogP) is 5.16. The predicted molar refractivity (Wildman–Crippen MR) is 127 cm³/mol. The van der Waals surface area contributed by atoms with Gasteiger partial charge in [0.25, 0.3) is 0 Å². The second-order valence-corrected chi connectivity index (χ2v) is 8.54. The standard InChI is InChI=1S/C24H19ClN4O3S/c25-17-10-4-5-11-18(17)26-22(30)15-33-24-28-27-23(29(24)16-8-2-1-3-9-16)21-14-31-19-12-6-7-13-20(19)32-21/h1-13,21H,14-15H2,(H,26,30)/t21-/m1/s1. The molecule has 33 heavy (non-hydrogen) atoms. The summed E-state index contributed by atoms with van der Waals surface area (Å²) in [6, 6.07) is 24.4. The van der Waals surface area contributed by atoms with Gasteiger partial charge in [0, 0.05) is 5.69 Å². The van der Waals surface area contributed by atoms with E-state index in [4.69, 9.17) is 21.1 Å². The number of hydrogen-bond acceptors (Lipinski definition) is 6. The van der Waals surface area contributed by atoms with E-state index in [9.17, 15) is 4.79 Å². The molecule has 0 bridgehead atoms. The molecule has 0 saturated carbocycles. The zero-order valence-electron chi connectivity index (χ0n) is 17.3. The van der Waals surface area contributed by atoms with Crippen LogP contribution in [0.15, 0.2) is 84.0 Å². The zero-order chi connectivity index (χ0) is 22.6. The van der Waals surface area contributed by atoms with Crippen molar-refractivity contribution < 1.29 is 14.3 Å². The number of amides is 1. The van der Waals surface area contributed by atoms with Crippen LogP contribution in [-0.2, 0) is 4.79 Å². The summed E-state index contributed by atoms with van der Waals surface area (Å²) >= 11 is 7.43. The van der Waals surface area contributed by atoms with E-state index >= 15 is 0 Å². The molecule has 1 amide bonds. The molecule has 7 nitrogen and oxygen atoms in total. The fraction of sp³-hybridized carbons (Fsp3) is 0.125. The highest BCUT2D eigenvalue weighted by molar-refractivity contribution is 7.99. The summed E-state index contributed by atoms with van der Waals surface area (Å²) in [6.45, 7) is 0.305. The van der Waals surface area contributed by atoms with Crippen LogP contribution in [0.4, 0.5) is 5.69 Å². The van der Waals surface area contributed by atoms with Gasteiger partial charge in [0.15, 0.2) is 28.6 Å². The van der Waals surface area contributed by atoms with Crippen LogP contribution in [0.25, 0.3) is 5.69 Å². The van der Waals surface area contributed by atoms with Crippen LogP contribution in [0.1, 0.15) is 11.9 Å². The number of rotatable bonds is 6. The van der Waals surface area contributed by atoms with E-state index in [0.717, 1.165) is 5.69 Å². The van der Waals surface area contributed by atoms with E-state index in [1.165, 1.54) is 11.8 Å². The summed E-state index contributed by atoms with van der Waals surface area (Å²) in [5, 5.41) is 12.6. The quantitative estimate of drug-likeness (QED) is 0.385. The highest BCUT2D eigenvalue weighted by Crippen LogP contribution is 2.37. The minimum Gasteiger partial charge on any atom is -0.485 e. The van der Waals surface area contributed by atoms with Crippen molar-refractivity contribution in [3.05, 3.63) is 89.7 Å². The van der Waals surface area contributed by atoms with Crippen molar-refractivity contribution in [2.45, 2.75) is 11.3 Å². The van der Waals surface area contributed by atoms with Gasteiger partial charge in [0.2, 0.25) is 5.91 Å². The molecule has 0 spiro atoms. The molecule has 1 aliphatic heterocycles. The Hall–Kier alpha value is -3.49. The average molecular weight is 479 g/mol. The third-order valence-electron chi connectivity index (χ3n) is 4.95. The lowest BCUT2D eigenvalue weighted by atomic mass is 10.2. The van der Waals surface area contributed by atoms with Crippen molar-refractivity contribution in [3.63, 3.8) is 0 Å². The van der Waals surface area contributed by atoms with Gasteiger partial charge in [0.1, 0.15) is 6.61 Å². The summed E-state index contributed by atoms with van der Waals surface area (Å²) in [5.41, 5.74) is 1.44. The molecule has 1 aromatic heterocycles. The Bertz CT molecular complexity index is 1280. The van der Waals surface area contributed by atoms with Crippen LogP contribution in [0, 0.1) is 0 Å². The average Bonchev–Trinajstić information content (AvgIpc) is 3.28. The largest absolute Gasteiger partial charge is 0.485 e. The molecule has 0 unspecified atom stereocenters. The van der Waals surface area contributed by atoms with E-state index < -0.39 is 6.10 Å². The van der Waals surface area contributed by atoms with Gasteiger partial charge in [-0.15, -0.1) is 10.2 Å². The fourth-order valence-electron chi connectivity index (χ4n) is 3.43. The van der Waals surface area contributed by atoms with Gasteiger partial charge in [-0.25, -0.2) is 0 Å². The number of fused-ring (bicyclic) bond motifs is 1. The highest BCUT2D eigenvalue weighted by atomic mass is 35.5. The molecule has 2 heterocycles. The first-order valence-electron chi connectivity index (χ1n) is 10.3. The number of thioether (sulfide) groups is 1. The summed E-state index contributed by atoms with van der Waals surface area (Å²) in [5.74, 6) is 1.91. The monoisotopic (exact) mass is 478 g/mol. The molecule has 0 saturated heterocycles. The first kappa shape index (κ1) is 21.4. The smallest absolute Gasteiger partial charge is 0.234 e. The van der Waals surface area contributed by atoms with Crippen LogP contribution in [0.2, 0.25) is 5.02 Å². The van der Waals surface area contributed by atoms with E-state index in [-0.39, 0.29) is 11.7 Å². The number of nitrogens with one attached hydrogen (secondary N) is 1. The van der Waals surface area contributed by atoms with Gasteiger partial charge in [-0.2, -0.15) is 0 Å². The number of carbonyl (C=O) groups is 1. The topological polar surface area (TPSA) is 78.3 Å². The van der Waals surface area contributed by atoms with E-state index in [1.807, 2.05) is 71.3 Å². The zero-order valence-corrected chi connectivity index (χ0v) is 18.9. The van der Waals surface area contributed by atoms with Crippen molar-refractivity contribution in [1.82, 2.24) is 14.8 Å². The number of hydrogen-bond donors (Lipinski definition) is 1. The fourth-order valence-corrected chi connectivity index (χ4v) is 4.37. The summed E-state index contributed by atoms with van der Waals surface area (Å²) in [7, 11) is 0. The third kappa shape index (κ3) is 4.67. The molecular formula is C24H19ClN4O3S. The molecule has 9 heteroatoms. The molecule has 0 aliphatic carbocycles. The highest BCUT2D eigenvalue weighted by Gasteiger charge is 2.29. The molecule has 0 fully saturated rings. The Morgan fingerprint density at radius 2 is 1.73 bits per heavy atom. The number of para-hydroxylation sites is 4. The lowest BCUT2D eigenvalue weighted by Gasteiger charge is -2.26. The number of nitrogens with zero attached hydrogens (tertiary/aromatic N) is 3. The van der Waals surface area contributed by atoms with Crippen molar-refractivity contribution in [2.24, 2.45) is 0 Å². The molecule has 5 rings (SSSR count). The van der Waals surface area contributed by atoms with Crippen LogP contribution in [-0.4, -0.2) is 33.0 Å². The van der Waals surface area contributed by atoms with Gasteiger partial charge in [-0.3, -0.25) is 9.36 Å². The first-order chi connectivity index (χ1) is 16.2. The Morgan fingerprint density at radius 1 is 1.00 bits per heavy atom. The Balaban J connectivity index is 1.39. The Kier molecular flexibility index (Phi) is 6.19. The van der Waals surface area contributed by atoms with E-state index in [0.29, 0.717) is 39.8 Å². The minimum absolute atomic E-state index is 0.140. The van der Waals surface area contributed by atoms with Crippen molar-refractivity contribution in [2.75, 3.05) is 17.7 Å². The molecule has 3 aromatic carbocycles. The maximum atomic E-state index is 12.5. The second-order valence-electron chi connectivity index (χ2n) is 7.19. The molecule has 1 N–H and O–H groups in total. The number of ether oxygens (including phenoxy) is 2. The lowest BCUT2D eigenvalue weighted by molar-refractivity contribution is -0.113. The van der Waals surface area contributed by atoms with Crippen LogP contribution >= 0.6 is 23.4 Å². The summed E-state index contributed by atoms with van der Waals surface area (Å²) < 4.78 is 13.9. The SMILES string of the molecule is O=C(CSc1nnc([C@H]2COc3ccccc3O2)n1-c1ccccc1)Nc1ccccc1Cl. The number of benzene rings is 3. The number of aromatic nitrogens is 3. The number of anilines is 1. The molecule has 0 radical (unpaired) electrons. The number of halogens is 1. The third-order valence-corrected chi connectivity index (χ3v) is 6.21. The molecule has 1 aliphatic rings. The van der Waals surface area contributed by atoms with Gasteiger partial charge in [-0.05, 0) is 36.4 Å². The van der Waals surface area contributed by atoms with Crippen molar-refractivity contribution >= 4 is 35.0 Å². The van der Waals surface area contributed by atoms with Gasteiger partial charge >= 0.3 is 0 Å². The van der Waals surface area contributed by atoms with E-state index in [2.05, 4.69) is 15.5 Å². The van der Waals surface area contributed by atoms with Crippen molar-refractivity contribution in [3.8, 4) is 17.2 Å². The van der Waals surface area contributed by atoms with Crippen LogP contribution < -0.4 is 14.8 Å². The Morgan fingerprint density at radius 3 is 2.55 bits per heavy atom. The first-order valence-corrected chi connectivity index (χ1v) is 11.6. The minimum atomic E-state index is -0.445. The van der Waals surface area contributed by atoms with E-state index in [1.54, 1.807) is 12.1 Å². The molecule has 4 aromatic rings. The van der Waals surface area contributed by atoms with Crippen LogP contribution in [0.3, 0.4) is 0 Å². The lowest BCUT2D eigenvalue weighted by Crippen LogP contribution is -2.24. The summed E-state index contributed by atoms with van der Waals surface area (Å²) in [4.78, 5) is 12.5. The maximum Gasteiger partial charge on any atom is 0.234 e. The maximum absolute atomic E-state index is 12.5. The van der Waals surface area contributed by atoms with Crippen molar-refractivity contribution in [1.29, 1.82) is 0 Å². The molecule has 166 valence electrons. The normalized spacial score (nSPS) is 14.6. The number of carbonyl (C=O) groups excluding carboxylic acids is 1. The van der Waals surface area contributed by atoms with Gasteiger partial charge in [0.05, 0.1) is 16.5 Å². The Labute approximate surface area is 199 Å². The summed E-state index contributed by atoms with van der Waals surface area (Å²) in [6.07, 6.45) is -0.445. The molecular weight excluding hydrogens is 460 g/mol. The van der Waals surface area contributed by atoms with Crippen LogP contribution in [0.5, 0.6) is 11.5 Å².